The summed E-state index contributed by atoms with van der Waals surface area (Å²) in [6.45, 7) is 7.42. The van der Waals surface area contributed by atoms with Crippen molar-refractivity contribution < 1.29 is 9.47 Å². The summed E-state index contributed by atoms with van der Waals surface area (Å²) in [4.78, 5) is 2.59. The summed E-state index contributed by atoms with van der Waals surface area (Å²) in [6, 6.07) is 1.20. The number of nitrogens with zero attached hydrogens (tertiary/aromatic N) is 1. The molecule has 0 aliphatic carbocycles. The van der Waals surface area contributed by atoms with Crippen LogP contribution in [0.1, 0.15) is 26.2 Å². The first-order valence-corrected chi connectivity index (χ1v) is 6.87. The quantitative estimate of drug-likeness (QED) is 0.793. The van der Waals surface area contributed by atoms with Crippen LogP contribution >= 0.6 is 0 Å². The Morgan fingerprint density at radius 2 is 2.35 bits per heavy atom. The van der Waals surface area contributed by atoms with E-state index in [0.29, 0.717) is 18.2 Å². The zero-order valence-electron chi connectivity index (χ0n) is 11.2. The molecule has 0 aromatic rings. The third-order valence-electron chi connectivity index (χ3n) is 4.06. The van der Waals surface area contributed by atoms with Gasteiger partial charge in [0.15, 0.2) is 0 Å². The van der Waals surface area contributed by atoms with Crippen LogP contribution in [0.4, 0.5) is 0 Å². The van der Waals surface area contributed by atoms with Crippen molar-refractivity contribution in [1.82, 2.24) is 10.2 Å². The Hall–Kier alpha value is -0.160. The zero-order valence-corrected chi connectivity index (χ0v) is 11.2. The summed E-state index contributed by atoms with van der Waals surface area (Å²) in [5.41, 5.74) is 0. The minimum Gasteiger partial charge on any atom is -0.381 e. The third kappa shape index (κ3) is 3.91. The zero-order chi connectivity index (χ0) is 12.1. The van der Waals surface area contributed by atoms with Crippen LogP contribution in [-0.4, -0.2) is 63.0 Å². The van der Waals surface area contributed by atoms with Gasteiger partial charge in [-0.05, 0) is 32.7 Å². The maximum atomic E-state index is 5.48. The van der Waals surface area contributed by atoms with E-state index in [1.807, 2.05) is 7.11 Å². The number of hydrogen-bond donors (Lipinski definition) is 1. The lowest BCUT2D eigenvalue weighted by atomic mass is 10.00. The Labute approximate surface area is 105 Å². The van der Waals surface area contributed by atoms with Crippen molar-refractivity contribution in [2.45, 2.75) is 44.4 Å². The molecule has 0 aromatic heterocycles. The molecule has 3 unspecified atom stereocenters. The summed E-state index contributed by atoms with van der Waals surface area (Å²) in [6.07, 6.45) is 4.01. The predicted octanol–water partition coefficient (Wildman–Crippen LogP) is 0.864. The Balaban J connectivity index is 1.68. The van der Waals surface area contributed by atoms with Gasteiger partial charge in [0.25, 0.3) is 0 Å². The van der Waals surface area contributed by atoms with E-state index >= 15 is 0 Å². The summed E-state index contributed by atoms with van der Waals surface area (Å²) in [5, 5.41) is 3.52. The van der Waals surface area contributed by atoms with E-state index < -0.39 is 0 Å². The molecule has 0 aromatic carbocycles. The standard InChI is InChI=1S/C13H26N2O2/c1-11-9-13(16-2)4-7-15(11)6-3-12-10-17-8-5-14-12/h11-14H,3-10H2,1-2H3. The van der Waals surface area contributed by atoms with Gasteiger partial charge in [-0.25, -0.2) is 0 Å². The highest BCUT2D eigenvalue weighted by Crippen LogP contribution is 2.19. The van der Waals surface area contributed by atoms with Crippen molar-refractivity contribution in [3.63, 3.8) is 0 Å². The van der Waals surface area contributed by atoms with Crippen LogP contribution in [0.15, 0.2) is 0 Å². The van der Waals surface area contributed by atoms with Gasteiger partial charge in [0, 0.05) is 32.3 Å². The summed E-state index contributed by atoms with van der Waals surface area (Å²) in [7, 11) is 1.83. The lowest BCUT2D eigenvalue weighted by Crippen LogP contribution is -2.47. The van der Waals surface area contributed by atoms with E-state index in [1.165, 1.54) is 32.4 Å². The van der Waals surface area contributed by atoms with Crippen LogP contribution in [0.25, 0.3) is 0 Å². The van der Waals surface area contributed by atoms with Crippen LogP contribution in [-0.2, 0) is 9.47 Å². The van der Waals surface area contributed by atoms with E-state index in [2.05, 4.69) is 17.1 Å². The van der Waals surface area contributed by atoms with Crippen LogP contribution in [0.5, 0.6) is 0 Å². The molecule has 0 amide bonds. The third-order valence-corrected chi connectivity index (χ3v) is 4.06. The Bertz CT molecular complexity index is 219. The smallest absolute Gasteiger partial charge is 0.0620 e. The number of methoxy groups -OCH3 is 1. The highest BCUT2D eigenvalue weighted by Gasteiger charge is 2.25. The van der Waals surface area contributed by atoms with Crippen molar-refractivity contribution in [3.8, 4) is 0 Å². The molecule has 2 aliphatic heterocycles. The number of hydrogen-bond acceptors (Lipinski definition) is 4. The number of ether oxygens (including phenoxy) is 2. The van der Waals surface area contributed by atoms with Crippen LogP contribution in [0.3, 0.4) is 0 Å². The number of morpholine rings is 1. The van der Waals surface area contributed by atoms with E-state index in [0.717, 1.165) is 19.8 Å². The minimum absolute atomic E-state index is 0.470. The fraction of sp³-hybridized carbons (Fsp3) is 1.00. The van der Waals surface area contributed by atoms with Gasteiger partial charge in [0.05, 0.1) is 19.3 Å². The highest BCUT2D eigenvalue weighted by atomic mass is 16.5. The van der Waals surface area contributed by atoms with Crippen LogP contribution in [0, 0.1) is 0 Å². The molecule has 0 saturated carbocycles. The van der Waals surface area contributed by atoms with Gasteiger partial charge < -0.3 is 19.7 Å². The molecule has 17 heavy (non-hydrogen) atoms. The van der Waals surface area contributed by atoms with Gasteiger partial charge >= 0.3 is 0 Å². The van der Waals surface area contributed by atoms with Gasteiger partial charge in [0.2, 0.25) is 0 Å². The molecule has 2 aliphatic rings. The predicted molar refractivity (Wildman–Crippen MR) is 68.3 cm³/mol. The van der Waals surface area contributed by atoms with Crippen LogP contribution in [0.2, 0.25) is 0 Å². The van der Waals surface area contributed by atoms with E-state index in [4.69, 9.17) is 9.47 Å². The molecule has 0 spiro atoms. The van der Waals surface area contributed by atoms with Crippen molar-refractivity contribution >= 4 is 0 Å². The molecule has 3 atom stereocenters. The van der Waals surface area contributed by atoms with Crippen molar-refractivity contribution in [3.05, 3.63) is 0 Å². The molecule has 4 nitrogen and oxygen atoms in total. The molecule has 2 fully saturated rings. The Kier molecular flexibility index (Phi) is 5.22. The number of nitrogens with one attached hydrogen (secondary N) is 1. The molecule has 0 bridgehead atoms. The molecular weight excluding hydrogens is 216 g/mol. The maximum absolute atomic E-state index is 5.48. The largest absolute Gasteiger partial charge is 0.381 e. The van der Waals surface area contributed by atoms with Gasteiger partial charge in [-0.15, -0.1) is 0 Å². The lowest BCUT2D eigenvalue weighted by molar-refractivity contribution is 0.0110. The molecule has 2 heterocycles. The minimum atomic E-state index is 0.470. The first kappa shape index (κ1) is 13.3. The lowest BCUT2D eigenvalue weighted by Gasteiger charge is -2.38. The molecule has 4 heteroatoms. The number of piperidine rings is 1. The monoisotopic (exact) mass is 242 g/mol. The molecule has 2 saturated heterocycles. The summed E-state index contributed by atoms with van der Waals surface area (Å²) < 4.78 is 10.9. The fourth-order valence-corrected chi connectivity index (χ4v) is 2.85. The van der Waals surface area contributed by atoms with E-state index in [9.17, 15) is 0 Å². The molecule has 2 rings (SSSR count). The maximum Gasteiger partial charge on any atom is 0.0620 e. The Morgan fingerprint density at radius 3 is 3.00 bits per heavy atom. The van der Waals surface area contributed by atoms with Gasteiger partial charge in [-0.1, -0.05) is 0 Å². The van der Waals surface area contributed by atoms with Crippen molar-refractivity contribution in [2.75, 3.05) is 40.0 Å². The first-order valence-electron chi connectivity index (χ1n) is 6.87. The average Bonchev–Trinajstić information content (AvgIpc) is 2.38. The number of likely N-dealkylation sites (tertiary alicyclic amines) is 1. The summed E-state index contributed by atoms with van der Waals surface area (Å²) >= 11 is 0. The second-order valence-corrected chi connectivity index (χ2v) is 5.28. The van der Waals surface area contributed by atoms with E-state index in [-0.39, 0.29) is 0 Å². The summed E-state index contributed by atoms with van der Waals surface area (Å²) in [5.74, 6) is 0. The van der Waals surface area contributed by atoms with E-state index in [1.54, 1.807) is 0 Å². The topological polar surface area (TPSA) is 33.7 Å². The first-order chi connectivity index (χ1) is 8.29. The normalized spacial score (nSPS) is 36.0. The molecule has 1 N–H and O–H groups in total. The molecule has 0 radical (unpaired) electrons. The van der Waals surface area contributed by atoms with Gasteiger partial charge in [-0.3, -0.25) is 0 Å². The second kappa shape index (κ2) is 6.69. The van der Waals surface area contributed by atoms with Crippen molar-refractivity contribution in [1.29, 1.82) is 0 Å². The fourth-order valence-electron chi connectivity index (χ4n) is 2.85. The SMILES string of the molecule is COC1CCN(CCC2COCCN2)C(C)C1. The number of rotatable bonds is 4. The van der Waals surface area contributed by atoms with Crippen LogP contribution < -0.4 is 5.32 Å². The van der Waals surface area contributed by atoms with Gasteiger partial charge in [-0.2, -0.15) is 0 Å². The van der Waals surface area contributed by atoms with Gasteiger partial charge in [0.1, 0.15) is 0 Å². The molecule has 100 valence electrons. The highest BCUT2D eigenvalue weighted by molar-refractivity contribution is 4.81. The Morgan fingerprint density at radius 1 is 1.47 bits per heavy atom. The second-order valence-electron chi connectivity index (χ2n) is 5.28. The molecular formula is C13H26N2O2. The average molecular weight is 242 g/mol. The van der Waals surface area contributed by atoms with Crippen molar-refractivity contribution in [2.24, 2.45) is 0 Å².